The summed E-state index contributed by atoms with van der Waals surface area (Å²) >= 11 is 1.08. The molecule has 0 amide bonds. The monoisotopic (exact) mass is 448 g/mol. The van der Waals surface area contributed by atoms with Gasteiger partial charge >= 0.3 is 5.97 Å². The average molecular weight is 448 g/mol. The summed E-state index contributed by atoms with van der Waals surface area (Å²) in [7, 11) is -3.98. The summed E-state index contributed by atoms with van der Waals surface area (Å²) in [4.78, 5) is 11.7. The van der Waals surface area contributed by atoms with Crippen LogP contribution < -0.4 is 0 Å². The fourth-order valence-electron chi connectivity index (χ4n) is 3.40. The lowest BCUT2D eigenvalue weighted by atomic mass is 10.1. The molecule has 0 spiro atoms. The number of aromatic nitrogens is 2. The van der Waals surface area contributed by atoms with Gasteiger partial charge in [0.1, 0.15) is 15.8 Å². The number of aliphatic carboxylic acids is 1. The highest BCUT2D eigenvalue weighted by Crippen LogP contribution is 2.36. The Bertz CT molecular complexity index is 1360. The van der Waals surface area contributed by atoms with Gasteiger partial charge in [-0.25, -0.2) is 8.36 Å². The van der Waals surface area contributed by atoms with Crippen molar-refractivity contribution in [3.63, 3.8) is 0 Å². The van der Waals surface area contributed by atoms with E-state index in [1.54, 1.807) is 19.9 Å². The van der Waals surface area contributed by atoms with Crippen LogP contribution >= 0.6 is 11.3 Å². The van der Waals surface area contributed by atoms with Crippen molar-refractivity contribution in [3.8, 4) is 10.4 Å². The van der Waals surface area contributed by atoms with E-state index in [0.717, 1.165) is 20.9 Å². The first-order valence-electron chi connectivity index (χ1n) is 8.98. The number of benzene rings is 1. The van der Waals surface area contributed by atoms with Crippen molar-refractivity contribution >= 4 is 38.2 Å². The number of carboxylic acid groups (broad SMARTS) is 1. The first-order chi connectivity index (χ1) is 14.2. The number of hydrogen-bond acceptors (Lipinski definition) is 6. The molecule has 0 unspecified atom stereocenters. The van der Waals surface area contributed by atoms with Crippen LogP contribution in [-0.4, -0.2) is 28.6 Å². The topological polar surface area (TPSA) is 102 Å². The van der Waals surface area contributed by atoms with Crippen LogP contribution in [0.3, 0.4) is 0 Å². The van der Waals surface area contributed by atoms with Gasteiger partial charge < -0.3 is 9.63 Å². The minimum Gasteiger partial charge on any atom is -0.481 e. The second-order valence-electron chi connectivity index (χ2n) is 6.83. The van der Waals surface area contributed by atoms with Crippen molar-refractivity contribution in [1.29, 1.82) is 0 Å². The molecule has 3 heterocycles. The van der Waals surface area contributed by atoms with E-state index >= 15 is 0 Å². The zero-order valence-electron chi connectivity index (χ0n) is 16.0. The molecule has 7 nitrogen and oxygen atoms in total. The summed E-state index contributed by atoms with van der Waals surface area (Å²) in [5.41, 5.74) is 2.17. The van der Waals surface area contributed by atoms with Gasteiger partial charge in [0.25, 0.3) is 10.0 Å². The van der Waals surface area contributed by atoms with Gasteiger partial charge in [0.05, 0.1) is 16.8 Å². The molecule has 3 aromatic heterocycles. The van der Waals surface area contributed by atoms with Gasteiger partial charge in [-0.3, -0.25) is 4.79 Å². The van der Waals surface area contributed by atoms with Gasteiger partial charge in [-0.15, -0.1) is 11.3 Å². The first-order valence-corrected chi connectivity index (χ1v) is 11.2. The average Bonchev–Trinajstić information content (AvgIpc) is 3.38. The van der Waals surface area contributed by atoms with E-state index in [4.69, 9.17) is 9.63 Å². The quantitative estimate of drug-likeness (QED) is 0.470. The van der Waals surface area contributed by atoms with Crippen LogP contribution in [0.4, 0.5) is 4.39 Å². The molecule has 0 bridgehead atoms. The number of nitrogens with zero attached hydrogens (tertiary/aromatic N) is 2. The van der Waals surface area contributed by atoms with Gasteiger partial charge in [-0.1, -0.05) is 5.16 Å². The van der Waals surface area contributed by atoms with Crippen LogP contribution in [0.25, 0.3) is 21.3 Å². The minimum atomic E-state index is -3.98. The lowest BCUT2D eigenvalue weighted by molar-refractivity contribution is -0.136. The highest BCUT2D eigenvalue weighted by Gasteiger charge is 2.25. The van der Waals surface area contributed by atoms with E-state index in [-0.39, 0.29) is 17.1 Å². The number of fused-ring (bicyclic) bond motifs is 1. The molecule has 10 heteroatoms. The maximum Gasteiger partial charge on any atom is 0.303 e. The van der Waals surface area contributed by atoms with Gasteiger partial charge in [0, 0.05) is 22.9 Å². The number of rotatable bonds is 6. The Kier molecular flexibility index (Phi) is 4.99. The lowest BCUT2D eigenvalue weighted by Gasteiger charge is -2.05. The Labute approximate surface area is 175 Å². The maximum atomic E-state index is 13.8. The molecule has 1 N–H and O–H groups in total. The Morgan fingerprint density at radius 3 is 2.70 bits per heavy atom. The molecule has 0 saturated carbocycles. The van der Waals surface area contributed by atoms with E-state index in [2.05, 4.69) is 5.16 Å². The Morgan fingerprint density at radius 2 is 2.03 bits per heavy atom. The zero-order valence-corrected chi connectivity index (χ0v) is 17.7. The summed E-state index contributed by atoms with van der Waals surface area (Å²) in [6, 6.07) is 6.99. The predicted molar refractivity (Wildman–Crippen MR) is 110 cm³/mol. The van der Waals surface area contributed by atoms with Crippen molar-refractivity contribution in [1.82, 2.24) is 9.13 Å². The maximum absolute atomic E-state index is 13.8. The van der Waals surface area contributed by atoms with Crippen molar-refractivity contribution in [2.24, 2.45) is 0 Å². The van der Waals surface area contributed by atoms with E-state index in [1.807, 2.05) is 0 Å². The SMILES string of the molecule is Cc1noc(C)c1-c1ccc(S(=O)(=O)n2cc(CCC(=O)O)c3cc(F)ccc32)s1. The number of thiophene rings is 1. The molecule has 156 valence electrons. The smallest absolute Gasteiger partial charge is 0.303 e. The number of hydrogen-bond donors (Lipinski definition) is 1. The third kappa shape index (κ3) is 3.41. The fraction of sp³-hybridized carbons (Fsp3) is 0.200. The summed E-state index contributed by atoms with van der Waals surface area (Å²) < 4.78 is 46.9. The number of aryl methyl sites for hydroxylation is 3. The van der Waals surface area contributed by atoms with Gasteiger partial charge in [0.2, 0.25) is 0 Å². The zero-order chi connectivity index (χ0) is 21.6. The summed E-state index contributed by atoms with van der Waals surface area (Å²) in [5, 5.41) is 13.3. The first kappa shape index (κ1) is 20.3. The van der Waals surface area contributed by atoms with Crippen LogP contribution in [0.15, 0.2) is 45.3 Å². The van der Waals surface area contributed by atoms with Crippen LogP contribution in [0.1, 0.15) is 23.4 Å². The molecule has 4 rings (SSSR count). The third-order valence-corrected chi connectivity index (χ3v) is 8.04. The molecular weight excluding hydrogens is 431 g/mol. The highest BCUT2D eigenvalue weighted by molar-refractivity contribution is 7.92. The Morgan fingerprint density at radius 1 is 1.27 bits per heavy atom. The second kappa shape index (κ2) is 7.37. The molecule has 0 aliphatic carbocycles. The highest BCUT2D eigenvalue weighted by atomic mass is 32.2. The Balaban J connectivity index is 1.83. The number of carboxylic acids is 1. The minimum absolute atomic E-state index is 0.0899. The van der Waals surface area contributed by atoms with Crippen LogP contribution in [0, 0.1) is 19.7 Å². The largest absolute Gasteiger partial charge is 0.481 e. The predicted octanol–water partition coefficient (Wildman–Crippen LogP) is 4.37. The molecule has 0 aliphatic heterocycles. The molecule has 30 heavy (non-hydrogen) atoms. The fourth-order valence-corrected chi connectivity index (χ4v) is 6.33. The standard InChI is InChI=1S/C20H17FN2O5S2/c1-11-20(12(2)28-22-11)17-6-8-19(29-17)30(26,27)23-10-13(3-7-18(24)25)15-9-14(21)4-5-16(15)23/h4-6,8-10H,3,7H2,1-2H3,(H,24,25). The molecule has 0 saturated heterocycles. The Hall–Kier alpha value is -2.98. The van der Waals surface area contributed by atoms with Crippen molar-refractivity contribution in [2.75, 3.05) is 0 Å². The molecule has 0 radical (unpaired) electrons. The molecule has 0 aliphatic rings. The van der Waals surface area contributed by atoms with Crippen molar-refractivity contribution in [3.05, 3.63) is 59.4 Å². The number of halogens is 1. The molecule has 1 aromatic carbocycles. The third-order valence-electron chi connectivity index (χ3n) is 4.80. The molecule has 0 atom stereocenters. The summed E-state index contributed by atoms with van der Waals surface area (Å²) in [6.07, 6.45) is 1.27. The molecule has 0 fully saturated rings. The van der Waals surface area contributed by atoms with Gasteiger partial charge in [-0.2, -0.15) is 8.42 Å². The molecular formula is C20H17FN2O5S2. The van der Waals surface area contributed by atoms with Gasteiger partial charge in [-0.05, 0) is 56.2 Å². The van der Waals surface area contributed by atoms with Crippen molar-refractivity contribution < 1.29 is 27.2 Å². The normalized spacial score (nSPS) is 12.0. The van der Waals surface area contributed by atoms with Gasteiger partial charge in [0.15, 0.2) is 0 Å². The van der Waals surface area contributed by atoms with Crippen LogP contribution in [0.2, 0.25) is 0 Å². The summed E-state index contributed by atoms with van der Waals surface area (Å²) in [6.45, 7) is 3.54. The van der Waals surface area contributed by atoms with E-state index in [9.17, 15) is 17.6 Å². The van der Waals surface area contributed by atoms with E-state index in [1.165, 1.54) is 30.5 Å². The van der Waals surface area contributed by atoms with Crippen LogP contribution in [0.5, 0.6) is 0 Å². The lowest BCUT2D eigenvalue weighted by Crippen LogP contribution is -2.10. The van der Waals surface area contributed by atoms with Crippen molar-refractivity contribution in [2.45, 2.75) is 30.9 Å². The number of carbonyl (C=O) groups is 1. The second-order valence-corrected chi connectivity index (χ2v) is 9.95. The van der Waals surface area contributed by atoms with Crippen LogP contribution in [-0.2, 0) is 21.2 Å². The summed E-state index contributed by atoms with van der Waals surface area (Å²) in [5.74, 6) is -0.945. The van der Waals surface area contributed by atoms with E-state index in [0.29, 0.717) is 32.8 Å². The van der Waals surface area contributed by atoms with E-state index < -0.39 is 21.8 Å². The molecule has 4 aromatic rings.